The first kappa shape index (κ1) is 12.6. The van der Waals surface area contributed by atoms with Gasteiger partial charge in [0.15, 0.2) is 9.84 Å². The summed E-state index contributed by atoms with van der Waals surface area (Å²) in [5.74, 6) is -0.0713. The topological polar surface area (TPSA) is 89.3 Å². The molecule has 1 aliphatic rings. The second-order valence-corrected chi connectivity index (χ2v) is 6.07. The van der Waals surface area contributed by atoms with Crippen LogP contribution in [0.4, 0.5) is 11.4 Å². The van der Waals surface area contributed by atoms with E-state index >= 15 is 0 Å². The minimum absolute atomic E-state index is 0.0183. The Bertz CT molecular complexity index is 622. The first-order valence-corrected chi connectivity index (χ1v) is 7.02. The van der Waals surface area contributed by atoms with Gasteiger partial charge >= 0.3 is 0 Å². The molecule has 0 radical (unpaired) electrons. The lowest BCUT2D eigenvalue weighted by Gasteiger charge is -2.12. The van der Waals surface area contributed by atoms with Crippen LogP contribution in [0.1, 0.15) is 5.56 Å². The van der Waals surface area contributed by atoms with Gasteiger partial charge in [-0.05, 0) is 13.0 Å². The predicted octanol–water partition coefficient (Wildman–Crippen LogP) is 1.63. The summed E-state index contributed by atoms with van der Waals surface area (Å²) in [6, 6.07) is 4.49. The predicted molar refractivity (Wildman–Crippen MR) is 68.2 cm³/mol. The third kappa shape index (κ3) is 2.51. The number of hydrogen-bond donors (Lipinski definition) is 1. The van der Waals surface area contributed by atoms with Crippen LogP contribution in [0.2, 0.25) is 0 Å². The number of nitrogens with one attached hydrogen (secondary N) is 1. The van der Waals surface area contributed by atoms with Crippen molar-refractivity contribution in [3.63, 3.8) is 0 Å². The number of para-hydroxylation sites is 1. The summed E-state index contributed by atoms with van der Waals surface area (Å²) in [6.45, 7) is 1.64. The molecule has 1 atom stereocenters. The zero-order valence-electron chi connectivity index (χ0n) is 9.66. The number of rotatable bonds is 3. The van der Waals surface area contributed by atoms with Crippen molar-refractivity contribution in [2.45, 2.75) is 13.0 Å². The lowest BCUT2D eigenvalue weighted by Crippen LogP contribution is -2.21. The van der Waals surface area contributed by atoms with Crippen LogP contribution in [0.15, 0.2) is 29.7 Å². The van der Waals surface area contributed by atoms with Crippen LogP contribution in [0.25, 0.3) is 0 Å². The van der Waals surface area contributed by atoms with E-state index in [2.05, 4.69) is 5.32 Å². The van der Waals surface area contributed by atoms with Crippen LogP contribution >= 0.6 is 0 Å². The van der Waals surface area contributed by atoms with Gasteiger partial charge in [-0.1, -0.05) is 18.2 Å². The maximum absolute atomic E-state index is 11.3. The molecule has 18 heavy (non-hydrogen) atoms. The molecule has 1 unspecified atom stereocenters. The third-order valence-electron chi connectivity index (χ3n) is 2.69. The van der Waals surface area contributed by atoms with E-state index in [9.17, 15) is 18.5 Å². The van der Waals surface area contributed by atoms with Crippen molar-refractivity contribution in [3.05, 3.63) is 45.4 Å². The van der Waals surface area contributed by atoms with Crippen molar-refractivity contribution in [1.82, 2.24) is 0 Å². The van der Waals surface area contributed by atoms with Gasteiger partial charge in [-0.15, -0.1) is 0 Å². The van der Waals surface area contributed by atoms with E-state index in [1.807, 2.05) is 0 Å². The average Bonchev–Trinajstić information content (AvgIpc) is 2.57. The van der Waals surface area contributed by atoms with Crippen LogP contribution in [-0.2, 0) is 9.84 Å². The van der Waals surface area contributed by atoms with Crippen LogP contribution in [0.3, 0.4) is 0 Å². The van der Waals surface area contributed by atoms with Gasteiger partial charge in [-0.3, -0.25) is 10.1 Å². The van der Waals surface area contributed by atoms with Gasteiger partial charge in [0, 0.05) is 11.0 Å². The number of hydrogen-bond acceptors (Lipinski definition) is 5. The number of benzene rings is 1. The maximum Gasteiger partial charge on any atom is 0.295 e. The molecule has 1 aromatic carbocycles. The van der Waals surface area contributed by atoms with Crippen LogP contribution < -0.4 is 5.32 Å². The van der Waals surface area contributed by atoms with Gasteiger partial charge < -0.3 is 5.32 Å². The lowest BCUT2D eigenvalue weighted by atomic mass is 10.1. The Morgan fingerprint density at radius 3 is 2.72 bits per heavy atom. The van der Waals surface area contributed by atoms with Crippen molar-refractivity contribution in [2.75, 3.05) is 11.1 Å². The molecular weight excluding hydrogens is 256 g/mol. The van der Waals surface area contributed by atoms with Crippen molar-refractivity contribution >= 4 is 21.2 Å². The van der Waals surface area contributed by atoms with E-state index in [0.717, 1.165) is 5.41 Å². The molecule has 0 spiro atoms. The number of nitrogens with zero attached hydrogens (tertiary/aromatic N) is 1. The summed E-state index contributed by atoms with van der Waals surface area (Å²) >= 11 is 0. The van der Waals surface area contributed by atoms with E-state index in [4.69, 9.17) is 0 Å². The molecule has 0 amide bonds. The van der Waals surface area contributed by atoms with Crippen LogP contribution in [0, 0.1) is 17.0 Å². The Kier molecular flexibility index (Phi) is 3.08. The molecule has 0 saturated heterocycles. The highest BCUT2D eigenvalue weighted by atomic mass is 32.2. The molecule has 1 aromatic rings. The largest absolute Gasteiger partial charge is 0.372 e. The minimum Gasteiger partial charge on any atom is -0.372 e. The molecular formula is C11H12N2O4S. The van der Waals surface area contributed by atoms with Gasteiger partial charge in [-0.25, -0.2) is 8.42 Å². The fourth-order valence-electron chi connectivity index (χ4n) is 1.88. The van der Waals surface area contributed by atoms with Gasteiger partial charge in [0.1, 0.15) is 5.69 Å². The lowest BCUT2D eigenvalue weighted by molar-refractivity contribution is -0.384. The minimum atomic E-state index is -3.17. The van der Waals surface area contributed by atoms with E-state index in [0.29, 0.717) is 11.3 Å². The van der Waals surface area contributed by atoms with Crippen molar-refractivity contribution in [2.24, 2.45) is 0 Å². The van der Waals surface area contributed by atoms with Crippen molar-refractivity contribution < 1.29 is 13.3 Å². The Morgan fingerprint density at radius 2 is 2.17 bits per heavy atom. The van der Waals surface area contributed by atoms with E-state index in [-0.39, 0.29) is 11.4 Å². The average molecular weight is 268 g/mol. The molecule has 6 nitrogen and oxygen atoms in total. The van der Waals surface area contributed by atoms with Gasteiger partial charge in [0.05, 0.1) is 16.7 Å². The zero-order valence-corrected chi connectivity index (χ0v) is 10.5. The number of anilines is 1. The van der Waals surface area contributed by atoms with E-state index in [1.165, 1.54) is 6.08 Å². The number of nitro groups is 1. The Balaban J connectivity index is 2.28. The summed E-state index contributed by atoms with van der Waals surface area (Å²) in [4.78, 5) is 10.5. The monoisotopic (exact) mass is 268 g/mol. The van der Waals surface area contributed by atoms with Crippen molar-refractivity contribution in [3.8, 4) is 0 Å². The van der Waals surface area contributed by atoms with Gasteiger partial charge in [0.25, 0.3) is 5.69 Å². The second-order valence-electron chi connectivity index (χ2n) is 4.14. The number of nitro benzene ring substituents is 1. The molecule has 96 valence electrons. The van der Waals surface area contributed by atoms with Gasteiger partial charge in [0.2, 0.25) is 0 Å². The fraction of sp³-hybridized carbons (Fsp3) is 0.273. The van der Waals surface area contributed by atoms with Crippen LogP contribution in [-0.4, -0.2) is 25.1 Å². The fourth-order valence-corrected chi connectivity index (χ4v) is 3.12. The Labute approximate surface area is 104 Å². The molecule has 0 bridgehead atoms. The number of aryl methyl sites for hydroxylation is 1. The van der Waals surface area contributed by atoms with Crippen LogP contribution in [0.5, 0.6) is 0 Å². The zero-order chi connectivity index (χ0) is 13.3. The SMILES string of the molecule is Cc1cccc(NC2C=CS(=O)(=O)C2)c1[N+](=O)[O-]. The quantitative estimate of drug-likeness (QED) is 0.664. The summed E-state index contributed by atoms with van der Waals surface area (Å²) in [7, 11) is -3.17. The molecule has 0 saturated carbocycles. The Hall–Kier alpha value is -1.89. The summed E-state index contributed by atoms with van der Waals surface area (Å²) in [5, 5.41) is 15.0. The standard InChI is InChI=1S/C11H12N2O4S/c1-8-3-2-4-10(11(8)13(14)15)12-9-5-6-18(16,17)7-9/h2-6,9,12H,7H2,1H3. The van der Waals surface area contributed by atoms with E-state index < -0.39 is 20.8 Å². The molecule has 1 heterocycles. The highest BCUT2D eigenvalue weighted by Gasteiger charge is 2.24. The first-order valence-electron chi connectivity index (χ1n) is 5.30. The van der Waals surface area contributed by atoms with E-state index in [1.54, 1.807) is 25.1 Å². The summed E-state index contributed by atoms with van der Waals surface area (Å²) in [5.41, 5.74) is 0.858. The normalized spacial score (nSPS) is 20.8. The maximum atomic E-state index is 11.3. The highest BCUT2D eigenvalue weighted by Crippen LogP contribution is 2.29. The summed E-state index contributed by atoms with van der Waals surface area (Å²) in [6.07, 6.45) is 1.50. The molecule has 0 aromatic heterocycles. The van der Waals surface area contributed by atoms with Gasteiger partial charge in [-0.2, -0.15) is 0 Å². The second kappa shape index (κ2) is 4.41. The highest BCUT2D eigenvalue weighted by molar-refractivity contribution is 7.94. The molecule has 0 fully saturated rings. The third-order valence-corrected chi connectivity index (χ3v) is 4.09. The van der Waals surface area contributed by atoms with Crippen molar-refractivity contribution in [1.29, 1.82) is 0 Å². The smallest absolute Gasteiger partial charge is 0.295 e. The summed E-state index contributed by atoms with van der Waals surface area (Å²) < 4.78 is 22.5. The molecule has 1 aliphatic heterocycles. The molecule has 0 aliphatic carbocycles. The number of sulfone groups is 1. The molecule has 7 heteroatoms. The Morgan fingerprint density at radius 1 is 1.44 bits per heavy atom. The first-order chi connectivity index (χ1) is 8.39. The molecule has 2 rings (SSSR count). The molecule has 1 N–H and O–H groups in total.